The zero-order valence-electron chi connectivity index (χ0n) is 26.0. The van der Waals surface area contributed by atoms with Crippen molar-refractivity contribution in [1.82, 2.24) is 24.6 Å². The van der Waals surface area contributed by atoms with E-state index in [0.717, 1.165) is 38.9 Å². The molecule has 5 aromatic rings. The van der Waals surface area contributed by atoms with Gasteiger partial charge >= 0.3 is 0 Å². The minimum absolute atomic E-state index is 0.00717. The summed E-state index contributed by atoms with van der Waals surface area (Å²) >= 11 is 7.16. The number of H-pyrrole nitrogens is 1. The van der Waals surface area contributed by atoms with Crippen LogP contribution in [0.2, 0.25) is 5.02 Å². The first-order valence-electron chi connectivity index (χ1n) is 14.9. The van der Waals surface area contributed by atoms with Crippen molar-refractivity contribution in [2.75, 3.05) is 24.5 Å². The van der Waals surface area contributed by atoms with Crippen molar-refractivity contribution in [2.45, 2.75) is 46.6 Å². The van der Waals surface area contributed by atoms with E-state index in [2.05, 4.69) is 26.5 Å². The maximum absolute atomic E-state index is 14.7. The lowest BCUT2D eigenvalue weighted by atomic mass is 9.94. The van der Waals surface area contributed by atoms with E-state index in [9.17, 15) is 9.59 Å². The van der Waals surface area contributed by atoms with Crippen LogP contribution in [0, 0.1) is 20.4 Å². The van der Waals surface area contributed by atoms with Gasteiger partial charge in [-0.2, -0.15) is 5.10 Å². The predicted octanol–water partition coefficient (Wildman–Crippen LogP) is 7.10. The topological polar surface area (TPSA) is 91.5 Å². The molecule has 10 heteroatoms. The van der Waals surface area contributed by atoms with E-state index in [1.807, 2.05) is 65.0 Å². The van der Waals surface area contributed by atoms with E-state index in [1.54, 1.807) is 21.9 Å². The third kappa shape index (κ3) is 4.86. The Morgan fingerprint density at radius 2 is 1.93 bits per heavy atom. The van der Waals surface area contributed by atoms with Gasteiger partial charge in [-0.3, -0.25) is 24.2 Å². The van der Waals surface area contributed by atoms with Crippen molar-refractivity contribution >= 4 is 50.7 Å². The molecule has 2 aromatic carbocycles. The van der Waals surface area contributed by atoms with Crippen LogP contribution >= 0.6 is 11.6 Å². The molecule has 4 heterocycles. The molecule has 1 fully saturated rings. The third-order valence-corrected chi connectivity index (χ3v) is 9.06. The van der Waals surface area contributed by atoms with Crippen LogP contribution in [-0.4, -0.2) is 56.2 Å². The third-order valence-electron chi connectivity index (χ3n) is 8.75. The van der Waals surface area contributed by atoms with Gasteiger partial charge in [0.15, 0.2) is 0 Å². The molecule has 1 N–H and O–H groups in total. The fourth-order valence-corrected chi connectivity index (χ4v) is 6.83. The monoisotopic (exact) mass is 619 g/mol. The molecule has 0 spiro atoms. The number of nitrogens with one attached hydrogen (secondary N) is 1. The molecular formula is C35H34ClN7O2. The Kier molecular flexibility index (Phi) is 7.71. The van der Waals surface area contributed by atoms with Gasteiger partial charge in [-0.05, 0) is 73.7 Å². The summed E-state index contributed by atoms with van der Waals surface area (Å²) in [7, 11) is 0. The van der Waals surface area contributed by atoms with Crippen LogP contribution in [0.4, 0.5) is 11.4 Å². The summed E-state index contributed by atoms with van der Waals surface area (Å²) in [6, 6.07) is 9.55. The van der Waals surface area contributed by atoms with E-state index in [4.69, 9.17) is 23.2 Å². The summed E-state index contributed by atoms with van der Waals surface area (Å²) in [5.74, 6) is -0.126. The van der Waals surface area contributed by atoms with Crippen molar-refractivity contribution in [1.29, 1.82) is 0 Å². The number of benzene rings is 2. The van der Waals surface area contributed by atoms with Gasteiger partial charge in [0.1, 0.15) is 0 Å². The minimum Gasteiger partial charge on any atom is -0.373 e. The molecule has 1 saturated heterocycles. The molecule has 0 unspecified atom stereocenters. The molecule has 1 aliphatic heterocycles. The molecule has 1 atom stereocenters. The second-order valence-electron chi connectivity index (χ2n) is 11.9. The van der Waals surface area contributed by atoms with Gasteiger partial charge in [0.2, 0.25) is 5.91 Å². The van der Waals surface area contributed by atoms with E-state index in [1.165, 1.54) is 6.08 Å². The lowest BCUT2D eigenvalue weighted by molar-refractivity contribution is -0.126. The number of aromatic amines is 1. The molecule has 6 rings (SSSR count). The van der Waals surface area contributed by atoms with Gasteiger partial charge in [0.25, 0.3) is 11.2 Å². The quantitative estimate of drug-likeness (QED) is 0.167. The number of pyridine rings is 2. The van der Waals surface area contributed by atoms with Gasteiger partial charge < -0.3 is 9.80 Å². The average molecular weight is 620 g/mol. The number of carbonyl (C=O) groups excluding carboxylic acids is 1. The SMILES string of the molecule is [C-]#[N+]c1c(N2CCN(C(=O)C=C)C[C@@H]2C)c2cc(Cl)c(-c3c(C)ccc4[nH]ncc34)cc2n(-c2c(C)ccnc2C(C)C)c1=O. The number of halogens is 1. The van der Waals surface area contributed by atoms with E-state index in [-0.39, 0.29) is 23.6 Å². The Hall–Kier alpha value is -4.94. The fourth-order valence-electron chi connectivity index (χ4n) is 6.57. The first kappa shape index (κ1) is 30.1. The van der Waals surface area contributed by atoms with Crippen molar-refractivity contribution in [2.24, 2.45) is 0 Å². The Bertz CT molecular complexity index is 2120. The zero-order valence-corrected chi connectivity index (χ0v) is 26.7. The molecule has 1 amide bonds. The Morgan fingerprint density at radius 1 is 1.16 bits per heavy atom. The highest BCUT2D eigenvalue weighted by Gasteiger charge is 2.32. The number of carbonyl (C=O) groups is 1. The van der Waals surface area contributed by atoms with Crippen molar-refractivity contribution in [3.8, 4) is 16.8 Å². The first-order chi connectivity index (χ1) is 21.6. The number of rotatable bonds is 5. The van der Waals surface area contributed by atoms with Crippen LogP contribution in [0.3, 0.4) is 0 Å². The van der Waals surface area contributed by atoms with Crippen LogP contribution in [0.1, 0.15) is 43.5 Å². The van der Waals surface area contributed by atoms with Gasteiger partial charge in [-0.1, -0.05) is 38.1 Å². The number of piperazine rings is 1. The highest BCUT2D eigenvalue weighted by atomic mass is 35.5. The first-order valence-corrected chi connectivity index (χ1v) is 15.3. The molecule has 45 heavy (non-hydrogen) atoms. The van der Waals surface area contributed by atoms with Gasteiger partial charge in [0, 0.05) is 53.2 Å². The van der Waals surface area contributed by atoms with Crippen molar-refractivity contribution < 1.29 is 4.79 Å². The summed E-state index contributed by atoms with van der Waals surface area (Å²) < 4.78 is 1.65. The summed E-state index contributed by atoms with van der Waals surface area (Å²) in [6.45, 7) is 23.3. The number of anilines is 1. The van der Waals surface area contributed by atoms with Crippen molar-refractivity contribution in [3.05, 3.63) is 99.0 Å². The van der Waals surface area contributed by atoms with E-state index >= 15 is 0 Å². The molecule has 0 saturated carbocycles. The van der Waals surface area contributed by atoms with Crippen LogP contribution in [0.15, 0.2) is 60.2 Å². The van der Waals surface area contributed by atoms with Crippen molar-refractivity contribution in [3.63, 3.8) is 0 Å². The Balaban J connectivity index is 1.74. The number of hydrogen-bond acceptors (Lipinski definition) is 5. The maximum atomic E-state index is 14.7. The number of fused-ring (bicyclic) bond motifs is 2. The van der Waals surface area contributed by atoms with Crippen LogP contribution in [0.25, 0.3) is 43.5 Å². The number of nitrogens with zero attached hydrogens (tertiary/aromatic N) is 6. The number of hydrogen-bond donors (Lipinski definition) is 1. The summed E-state index contributed by atoms with van der Waals surface area (Å²) in [4.78, 5) is 39.5. The largest absolute Gasteiger partial charge is 0.373 e. The second-order valence-corrected chi connectivity index (χ2v) is 12.3. The standard InChI is InChI=1S/C35H34ClN7O2/c1-8-29(44)41-13-14-42(22(6)18-41)34-24-15-26(36)23(30-20(4)9-10-27-25(30)17-39-40-27)16-28(24)43(35(45)32(34)37-7)33-21(5)11-12-38-31(33)19(2)3/h8-12,15-17,19,22H,1,13-14,18H2,2-6H3,(H,39,40)/t22-/m0/s1. The summed E-state index contributed by atoms with van der Waals surface area (Å²) in [5.41, 5.74) is 6.59. The highest BCUT2D eigenvalue weighted by molar-refractivity contribution is 6.35. The van der Waals surface area contributed by atoms with Crippen LogP contribution in [-0.2, 0) is 4.79 Å². The number of aryl methyl sites for hydroxylation is 2. The summed E-state index contributed by atoms with van der Waals surface area (Å²) in [5, 5.41) is 9.40. The number of amides is 1. The molecule has 0 radical (unpaired) electrons. The van der Waals surface area contributed by atoms with Crippen LogP contribution < -0.4 is 10.5 Å². The highest BCUT2D eigenvalue weighted by Crippen LogP contribution is 2.44. The van der Waals surface area contributed by atoms with E-state index in [0.29, 0.717) is 46.9 Å². The Labute approximate surface area is 266 Å². The molecule has 3 aromatic heterocycles. The Morgan fingerprint density at radius 3 is 2.62 bits per heavy atom. The smallest absolute Gasteiger partial charge is 0.274 e. The molecule has 0 aliphatic carbocycles. The van der Waals surface area contributed by atoms with Gasteiger partial charge in [0.05, 0.1) is 40.9 Å². The zero-order chi connectivity index (χ0) is 32.2. The lowest BCUT2D eigenvalue weighted by Crippen LogP contribution is -2.53. The van der Waals surface area contributed by atoms with Crippen LogP contribution in [0.5, 0.6) is 0 Å². The van der Waals surface area contributed by atoms with Gasteiger partial charge in [-0.25, -0.2) is 4.85 Å². The molecule has 9 nitrogen and oxygen atoms in total. The number of aromatic nitrogens is 4. The molecular weight excluding hydrogens is 586 g/mol. The molecule has 0 bridgehead atoms. The second kappa shape index (κ2) is 11.5. The molecule has 228 valence electrons. The summed E-state index contributed by atoms with van der Waals surface area (Å²) in [6.07, 6.45) is 4.85. The van der Waals surface area contributed by atoms with Gasteiger partial charge in [-0.15, -0.1) is 0 Å². The maximum Gasteiger partial charge on any atom is 0.274 e. The average Bonchev–Trinajstić information content (AvgIpc) is 3.49. The fraction of sp³-hybridized carbons (Fsp3) is 0.286. The van der Waals surface area contributed by atoms with E-state index < -0.39 is 5.56 Å². The minimum atomic E-state index is -0.422. The molecule has 1 aliphatic rings. The predicted molar refractivity (Wildman–Crippen MR) is 181 cm³/mol. The lowest BCUT2D eigenvalue weighted by Gasteiger charge is -2.42. The normalized spacial score (nSPS) is 15.2.